The molecule has 1 aliphatic rings. The van der Waals surface area contributed by atoms with Gasteiger partial charge in [0.05, 0.1) is 36.1 Å². The van der Waals surface area contributed by atoms with Crippen LogP contribution < -0.4 is 29.1 Å². The molecule has 0 spiro atoms. The maximum Gasteiger partial charge on any atom is 0.338 e. The minimum atomic E-state index is -0.765. The predicted molar refractivity (Wildman–Crippen MR) is 167 cm³/mol. The summed E-state index contributed by atoms with van der Waals surface area (Å²) in [5, 5.41) is 0.660. The molecule has 222 valence electrons. The second-order valence-corrected chi connectivity index (χ2v) is 11.0. The van der Waals surface area contributed by atoms with E-state index in [1.54, 1.807) is 31.6 Å². The van der Waals surface area contributed by atoms with Gasteiger partial charge in [0.2, 0.25) is 0 Å². The van der Waals surface area contributed by atoms with Crippen molar-refractivity contribution < 1.29 is 23.7 Å². The molecule has 8 nitrogen and oxygen atoms in total. The van der Waals surface area contributed by atoms with Crippen LogP contribution in [0.25, 0.3) is 6.08 Å². The number of ether oxygens (including phenoxy) is 4. The Labute approximate surface area is 258 Å². The highest BCUT2D eigenvalue weighted by molar-refractivity contribution is 7.07. The standard InChI is InChI=1S/C33H31ClN2O6S/c1-5-40-25-10-8-7-9-24(25)30-29(32(38)41-6-2)20(3)35-33-36(30)31(37)28(43-33)18-22-13-16-26(27(17-22)39-4)42-19-21-11-14-23(34)15-12-21/h7-18,30H,5-6,19H2,1-4H3/b28-18-/t30-/m0/s1. The van der Waals surface area contributed by atoms with E-state index in [4.69, 9.17) is 30.5 Å². The summed E-state index contributed by atoms with van der Waals surface area (Å²) in [5.74, 6) is 1.16. The number of rotatable bonds is 10. The number of hydrogen-bond acceptors (Lipinski definition) is 8. The number of aromatic nitrogens is 1. The van der Waals surface area contributed by atoms with Crippen molar-refractivity contribution in [3.63, 3.8) is 0 Å². The maximum atomic E-state index is 14.0. The molecule has 1 aromatic heterocycles. The number of methoxy groups -OCH3 is 1. The third-order valence-electron chi connectivity index (χ3n) is 6.82. The van der Waals surface area contributed by atoms with Gasteiger partial charge in [0.25, 0.3) is 5.56 Å². The van der Waals surface area contributed by atoms with Crippen molar-refractivity contribution in [1.82, 2.24) is 4.57 Å². The van der Waals surface area contributed by atoms with Crippen LogP contribution in [0, 0.1) is 0 Å². The average molecular weight is 619 g/mol. The molecule has 2 heterocycles. The molecule has 1 aliphatic heterocycles. The first-order valence-corrected chi connectivity index (χ1v) is 15.0. The maximum absolute atomic E-state index is 14.0. The summed E-state index contributed by atoms with van der Waals surface area (Å²) in [5.41, 5.74) is 2.90. The van der Waals surface area contributed by atoms with E-state index in [1.165, 1.54) is 11.3 Å². The molecule has 0 amide bonds. The largest absolute Gasteiger partial charge is 0.494 e. The van der Waals surface area contributed by atoms with Gasteiger partial charge in [-0.1, -0.05) is 59.3 Å². The van der Waals surface area contributed by atoms with Crippen LogP contribution in [0.3, 0.4) is 0 Å². The van der Waals surface area contributed by atoms with Gasteiger partial charge in [0.15, 0.2) is 16.3 Å². The average Bonchev–Trinajstić information content (AvgIpc) is 3.30. The number of hydrogen-bond donors (Lipinski definition) is 0. The lowest BCUT2D eigenvalue weighted by molar-refractivity contribution is -0.139. The molecule has 0 unspecified atom stereocenters. The minimum absolute atomic E-state index is 0.196. The molecular formula is C33H31ClN2O6S. The molecule has 0 saturated heterocycles. The van der Waals surface area contributed by atoms with Crippen molar-refractivity contribution in [3.8, 4) is 17.2 Å². The van der Waals surface area contributed by atoms with Crippen LogP contribution in [0.4, 0.5) is 0 Å². The van der Waals surface area contributed by atoms with Crippen LogP contribution in [0.2, 0.25) is 5.02 Å². The first-order valence-electron chi connectivity index (χ1n) is 13.8. The topological polar surface area (TPSA) is 88.4 Å². The number of carbonyl (C=O) groups is 1. The fraction of sp³-hybridized carbons (Fsp3) is 0.242. The highest BCUT2D eigenvalue weighted by Crippen LogP contribution is 2.36. The molecule has 10 heteroatoms. The Balaban J connectivity index is 1.56. The second-order valence-electron chi connectivity index (χ2n) is 9.60. The zero-order valence-corrected chi connectivity index (χ0v) is 25.8. The van der Waals surface area contributed by atoms with Gasteiger partial charge < -0.3 is 18.9 Å². The molecule has 1 atom stereocenters. The van der Waals surface area contributed by atoms with Crippen LogP contribution in [-0.4, -0.2) is 30.9 Å². The summed E-state index contributed by atoms with van der Waals surface area (Å²) in [6.45, 7) is 6.36. The van der Waals surface area contributed by atoms with Crippen LogP contribution >= 0.6 is 22.9 Å². The Morgan fingerprint density at radius 2 is 1.77 bits per heavy atom. The van der Waals surface area contributed by atoms with E-state index in [1.807, 2.05) is 73.7 Å². The number of fused-ring (bicyclic) bond motifs is 1. The number of benzene rings is 3. The van der Waals surface area contributed by atoms with Gasteiger partial charge in [0.1, 0.15) is 18.4 Å². The van der Waals surface area contributed by atoms with Gasteiger partial charge >= 0.3 is 5.97 Å². The normalized spacial score (nSPS) is 14.6. The van der Waals surface area contributed by atoms with E-state index in [9.17, 15) is 9.59 Å². The van der Waals surface area contributed by atoms with Crippen LogP contribution in [0.1, 0.15) is 43.5 Å². The van der Waals surface area contributed by atoms with Crippen molar-refractivity contribution in [1.29, 1.82) is 0 Å². The number of thiazole rings is 1. The van der Waals surface area contributed by atoms with Crippen molar-refractivity contribution in [2.45, 2.75) is 33.4 Å². The van der Waals surface area contributed by atoms with Gasteiger partial charge in [0, 0.05) is 10.6 Å². The number of para-hydroxylation sites is 1. The molecule has 43 heavy (non-hydrogen) atoms. The van der Waals surface area contributed by atoms with Crippen LogP contribution in [0.15, 0.2) is 87.8 Å². The molecule has 3 aromatic carbocycles. The monoisotopic (exact) mass is 618 g/mol. The van der Waals surface area contributed by atoms with E-state index in [2.05, 4.69) is 4.99 Å². The Morgan fingerprint density at radius 3 is 2.49 bits per heavy atom. The van der Waals surface area contributed by atoms with E-state index < -0.39 is 12.0 Å². The number of allylic oxidation sites excluding steroid dienone is 1. The summed E-state index contributed by atoms with van der Waals surface area (Å²) < 4.78 is 24.9. The fourth-order valence-electron chi connectivity index (χ4n) is 4.87. The zero-order valence-electron chi connectivity index (χ0n) is 24.3. The van der Waals surface area contributed by atoms with Gasteiger partial charge in [-0.3, -0.25) is 9.36 Å². The van der Waals surface area contributed by atoms with E-state index in [-0.39, 0.29) is 12.2 Å². The van der Waals surface area contributed by atoms with Gasteiger partial charge in [-0.25, -0.2) is 9.79 Å². The molecule has 0 fully saturated rings. The van der Waals surface area contributed by atoms with Crippen molar-refractivity contribution in [2.24, 2.45) is 4.99 Å². The van der Waals surface area contributed by atoms with Gasteiger partial charge in [-0.15, -0.1) is 0 Å². The van der Waals surface area contributed by atoms with Gasteiger partial charge in [-0.05, 0) is 68.3 Å². The van der Waals surface area contributed by atoms with E-state index in [0.29, 0.717) is 61.7 Å². The molecule has 0 saturated carbocycles. The molecule has 0 bridgehead atoms. The predicted octanol–water partition coefficient (Wildman–Crippen LogP) is 5.44. The van der Waals surface area contributed by atoms with Crippen LogP contribution in [0.5, 0.6) is 17.2 Å². The summed E-state index contributed by atoms with van der Waals surface area (Å²) in [7, 11) is 1.57. The summed E-state index contributed by atoms with van der Waals surface area (Å²) in [6, 6.07) is 19.5. The molecule has 0 N–H and O–H groups in total. The summed E-state index contributed by atoms with van der Waals surface area (Å²) >= 11 is 7.23. The zero-order chi connectivity index (χ0) is 30.5. The fourth-order valence-corrected chi connectivity index (χ4v) is 6.04. The highest BCUT2D eigenvalue weighted by Gasteiger charge is 2.35. The summed E-state index contributed by atoms with van der Waals surface area (Å²) in [6.07, 6.45) is 1.78. The first-order chi connectivity index (χ1) is 20.8. The number of nitrogens with zero attached hydrogens (tertiary/aromatic N) is 2. The van der Waals surface area contributed by atoms with E-state index >= 15 is 0 Å². The quantitative estimate of drug-likeness (QED) is 0.220. The Morgan fingerprint density at radius 1 is 1.00 bits per heavy atom. The van der Waals surface area contributed by atoms with Crippen LogP contribution in [-0.2, 0) is 16.1 Å². The van der Waals surface area contributed by atoms with E-state index in [0.717, 1.165) is 11.1 Å². The Kier molecular flexibility index (Phi) is 9.33. The number of carbonyl (C=O) groups excluding carboxylic acids is 1. The SMILES string of the molecule is CCOC(=O)C1=C(C)N=c2s/c(=C\c3ccc(OCc4ccc(Cl)cc4)c(OC)c3)c(=O)n2[C@H]1c1ccccc1OCC. The third kappa shape index (κ3) is 6.38. The van der Waals surface area contributed by atoms with Crippen molar-refractivity contribution in [2.75, 3.05) is 20.3 Å². The third-order valence-corrected chi connectivity index (χ3v) is 8.06. The molecule has 5 rings (SSSR count). The Bertz CT molecular complexity index is 1860. The Hall–Kier alpha value is -4.34. The lowest BCUT2D eigenvalue weighted by Gasteiger charge is -2.26. The van der Waals surface area contributed by atoms with Crippen molar-refractivity contribution in [3.05, 3.63) is 119 Å². The lowest BCUT2D eigenvalue weighted by Crippen LogP contribution is -2.40. The number of halogens is 1. The second kappa shape index (κ2) is 13.3. The smallest absolute Gasteiger partial charge is 0.338 e. The first kappa shape index (κ1) is 30.1. The molecule has 0 radical (unpaired) electrons. The molecular weight excluding hydrogens is 588 g/mol. The highest BCUT2D eigenvalue weighted by atomic mass is 35.5. The minimum Gasteiger partial charge on any atom is -0.494 e. The number of esters is 1. The van der Waals surface area contributed by atoms with Crippen molar-refractivity contribution >= 4 is 35.0 Å². The van der Waals surface area contributed by atoms with Gasteiger partial charge in [-0.2, -0.15) is 0 Å². The summed E-state index contributed by atoms with van der Waals surface area (Å²) in [4.78, 5) is 32.4. The molecule has 4 aromatic rings. The lowest BCUT2D eigenvalue weighted by atomic mass is 9.95. The molecule has 0 aliphatic carbocycles.